The van der Waals surface area contributed by atoms with E-state index in [1.807, 2.05) is 31.2 Å². The Bertz CT molecular complexity index is 355. The zero-order valence-corrected chi connectivity index (χ0v) is 11.1. The summed E-state index contributed by atoms with van der Waals surface area (Å²) in [6.45, 7) is 2.45. The first-order chi connectivity index (χ1) is 7.69. The van der Waals surface area contributed by atoms with Crippen molar-refractivity contribution in [2.75, 3.05) is 12.4 Å². The number of amides is 1. The Labute approximate surface area is 104 Å². The highest BCUT2D eigenvalue weighted by Gasteiger charge is 2.13. The normalized spacial score (nSPS) is 12.2. The number of benzene rings is 1. The quantitative estimate of drug-likeness (QED) is 0.845. The zero-order chi connectivity index (χ0) is 12.0. The minimum Gasteiger partial charge on any atom is -0.380 e. The number of carbonyl (C=O) groups is 1. The van der Waals surface area contributed by atoms with Gasteiger partial charge in [-0.25, -0.2) is 0 Å². The molecule has 0 fully saturated rings. The van der Waals surface area contributed by atoms with E-state index < -0.39 is 0 Å². The van der Waals surface area contributed by atoms with Crippen molar-refractivity contribution in [2.45, 2.75) is 24.8 Å². The Morgan fingerprint density at radius 1 is 1.50 bits per heavy atom. The van der Waals surface area contributed by atoms with Crippen molar-refractivity contribution in [1.29, 1.82) is 0 Å². The van der Waals surface area contributed by atoms with E-state index in [0.717, 1.165) is 17.7 Å². The summed E-state index contributed by atoms with van der Waals surface area (Å²) in [6, 6.07) is 7.63. The molecule has 1 unspecified atom stereocenters. The number of rotatable bonds is 5. The van der Waals surface area contributed by atoms with Crippen LogP contribution >= 0.6 is 15.9 Å². The molecule has 0 heterocycles. The largest absolute Gasteiger partial charge is 0.380 e. The molecule has 1 N–H and O–H groups in total. The second kappa shape index (κ2) is 6.66. The number of methoxy groups -OCH3 is 1. The molecule has 0 saturated heterocycles. The van der Waals surface area contributed by atoms with Crippen molar-refractivity contribution in [2.24, 2.45) is 0 Å². The molecule has 4 heteroatoms. The van der Waals surface area contributed by atoms with Gasteiger partial charge in [-0.05, 0) is 12.5 Å². The first-order valence-corrected chi connectivity index (χ1v) is 6.12. The van der Waals surface area contributed by atoms with Crippen LogP contribution in [0.5, 0.6) is 0 Å². The van der Waals surface area contributed by atoms with Gasteiger partial charge in [0.2, 0.25) is 5.91 Å². The summed E-state index contributed by atoms with van der Waals surface area (Å²) < 4.78 is 5.07. The Morgan fingerprint density at radius 3 is 2.81 bits per heavy atom. The predicted octanol–water partition coefficient (Wildman–Crippen LogP) is 2.95. The third-order valence-electron chi connectivity index (χ3n) is 2.22. The number of halogens is 1. The molecule has 1 aromatic carbocycles. The highest BCUT2D eigenvalue weighted by molar-refractivity contribution is 9.10. The number of nitrogens with one attached hydrogen (secondary N) is 1. The molecule has 16 heavy (non-hydrogen) atoms. The van der Waals surface area contributed by atoms with Crippen LogP contribution in [-0.2, 0) is 16.1 Å². The average molecular weight is 286 g/mol. The maximum atomic E-state index is 11.7. The fourth-order valence-corrected chi connectivity index (χ4v) is 1.43. The molecule has 0 aliphatic carbocycles. The fourth-order valence-electron chi connectivity index (χ4n) is 1.32. The van der Waals surface area contributed by atoms with Crippen molar-refractivity contribution in [3.05, 3.63) is 29.8 Å². The Kier molecular flexibility index (Phi) is 5.49. The topological polar surface area (TPSA) is 38.3 Å². The van der Waals surface area contributed by atoms with Crippen LogP contribution in [0.1, 0.15) is 18.9 Å². The molecule has 0 spiro atoms. The first-order valence-electron chi connectivity index (χ1n) is 5.20. The van der Waals surface area contributed by atoms with Crippen molar-refractivity contribution < 1.29 is 9.53 Å². The van der Waals surface area contributed by atoms with E-state index in [1.54, 1.807) is 7.11 Å². The Morgan fingerprint density at radius 2 is 2.19 bits per heavy atom. The number of anilines is 1. The van der Waals surface area contributed by atoms with E-state index in [1.165, 1.54) is 0 Å². The third-order valence-corrected chi connectivity index (χ3v) is 3.28. The van der Waals surface area contributed by atoms with Gasteiger partial charge in [-0.2, -0.15) is 0 Å². The van der Waals surface area contributed by atoms with E-state index in [-0.39, 0.29) is 10.7 Å². The molecule has 3 nitrogen and oxygen atoms in total. The number of carbonyl (C=O) groups excluding carboxylic acids is 1. The lowest BCUT2D eigenvalue weighted by Gasteiger charge is -2.12. The third kappa shape index (κ3) is 3.61. The number of ether oxygens (including phenoxy) is 1. The minimum atomic E-state index is -0.150. The van der Waals surface area contributed by atoms with Crippen molar-refractivity contribution in [3.8, 4) is 0 Å². The summed E-state index contributed by atoms with van der Waals surface area (Å²) in [5.74, 6) is -0.0222. The highest BCUT2D eigenvalue weighted by atomic mass is 79.9. The maximum absolute atomic E-state index is 11.7. The van der Waals surface area contributed by atoms with E-state index in [4.69, 9.17) is 4.74 Å². The molecule has 0 bridgehead atoms. The number of alkyl halides is 1. The Hall–Kier alpha value is -0.870. The summed E-state index contributed by atoms with van der Waals surface area (Å²) in [5.41, 5.74) is 1.79. The second-order valence-corrected chi connectivity index (χ2v) is 4.56. The van der Waals surface area contributed by atoms with E-state index in [9.17, 15) is 4.79 Å². The van der Waals surface area contributed by atoms with Crippen LogP contribution in [0, 0.1) is 0 Å². The molecule has 1 aromatic rings. The number of para-hydroxylation sites is 1. The van der Waals surface area contributed by atoms with Gasteiger partial charge in [-0.15, -0.1) is 0 Å². The molecule has 0 aliphatic rings. The van der Waals surface area contributed by atoms with Gasteiger partial charge in [-0.1, -0.05) is 41.1 Å². The summed E-state index contributed by atoms with van der Waals surface area (Å²) in [4.78, 5) is 11.6. The Balaban J connectivity index is 2.76. The predicted molar refractivity (Wildman–Crippen MR) is 68.8 cm³/mol. The van der Waals surface area contributed by atoms with Gasteiger partial charge < -0.3 is 10.1 Å². The molecule has 0 aliphatic heterocycles. The van der Waals surface area contributed by atoms with E-state index >= 15 is 0 Å². The van der Waals surface area contributed by atoms with E-state index in [0.29, 0.717) is 6.61 Å². The highest BCUT2D eigenvalue weighted by Crippen LogP contribution is 2.17. The lowest BCUT2D eigenvalue weighted by molar-refractivity contribution is -0.115. The molecule has 88 valence electrons. The van der Waals surface area contributed by atoms with Crippen molar-refractivity contribution >= 4 is 27.5 Å². The van der Waals surface area contributed by atoms with E-state index in [2.05, 4.69) is 21.2 Å². The molecule has 0 aromatic heterocycles. The van der Waals surface area contributed by atoms with Crippen LogP contribution in [0.15, 0.2) is 24.3 Å². The SMILES string of the molecule is CCC(Br)C(=O)Nc1ccccc1COC. The summed E-state index contributed by atoms with van der Waals surface area (Å²) in [7, 11) is 1.64. The maximum Gasteiger partial charge on any atom is 0.238 e. The average Bonchev–Trinajstić information content (AvgIpc) is 2.31. The van der Waals surface area contributed by atoms with Crippen LogP contribution in [0.4, 0.5) is 5.69 Å². The lowest BCUT2D eigenvalue weighted by atomic mass is 10.2. The molecule has 0 radical (unpaired) electrons. The van der Waals surface area contributed by atoms with Crippen LogP contribution in [-0.4, -0.2) is 17.8 Å². The number of hydrogen-bond acceptors (Lipinski definition) is 2. The van der Waals surface area contributed by atoms with Crippen LogP contribution in [0.2, 0.25) is 0 Å². The summed E-state index contributed by atoms with van der Waals surface area (Å²) in [5, 5.41) is 2.88. The lowest BCUT2D eigenvalue weighted by Crippen LogP contribution is -2.22. The van der Waals surface area contributed by atoms with Gasteiger partial charge in [0.15, 0.2) is 0 Å². The number of hydrogen-bond donors (Lipinski definition) is 1. The standard InChI is InChI=1S/C12H16BrNO2/c1-3-10(13)12(15)14-11-7-5-4-6-9(11)8-16-2/h4-7,10H,3,8H2,1-2H3,(H,14,15). The molecule has 1 atom stereocenters. The van der Waals surface area contributed by atoms with Crippen LogP contribution in [0.25, 0.3) is 0 Å². The van der Waals surface area contributed by atoms with Gasteiger partial charge in [0.1, 0.15) is 0 Å². The molecular weight excluding hydrogens is 270 g/mol. The first kappa shape index (κ1) is 13.2. The van der Waals surface area contributed by atoms with Crippen molar-refractivity contribution in [1.82, 2.24) is 0 Å². The van der Waals surface area contributed by atoms with Gasteiger partial charge in [0, 0.05) is 18.4 Å². The monoisotopic (exact) mass is 285 g/mol. The fraction of sp³-hybridized carbons (Fsp3) is 0.417. The smallest absolute Gasteiger partial charge is 0.238 e. The molecule has 1 amide bonds. The van der Waals surface area contributed by atoms with Crippen molar-refractivity contribution in [3.63, 3.8) is 0 Å². The van der Waals surface area contributed by atoms with Gasteiger partial charge >= 0.3 is 0 Å². The van der Waals surface area contributed by atoms with Gasteiger partial charge in [0.05, 0.1) is 11.4 Å². The van der Waals surface area contributed by atoms with Gasteiger partial charge in [0.25, 0.3) is 0 Å². The molecule has 0 saturated carbocycles. The zero-order valence-electron chi connectivity index (χ0n) is 9.50. The van der Waals surface area contributed by atoms with Crippen LogP contribution in [0.3, 0.4) is 0 Å². The van der Waals surface area contributed by atoms with Gasteiger partial charge in [-0.3, -0.25) is 4.79 Å². The molecular formula is C12H16BrNO2. The van der Waals surface area contributed by atoms with Crippen LogP contribution < -0.4 is 5.32 Å². The summed E-state index contributed by atoms with van der Waals surface area (Å²) in [6.07, 6.45) is 0.762. The summed E-state index contributed by atoms with van der Waals surface area (Å²) >= 11 is 3.32. The molecule has 1 rings (SSSR count). The minimum absolute atomic E-state index is 0.0222. The second-order valence-electron chi connectivity index (χ2n) is 3.46.